The molecule has 2 fully saturated rings. The number of methoxy groups -OCH3 is 1. The second-order valence-electron chi connectivity index (χ2n) is 9.76. The minimum Gasteiger partial charge on any atom is -0.503 e. The molecule has 198 valence electrons. The Balaban J connectivity index is 1.54. The normalized spacial score (nSPS) is 26.8. The van der Waals surface area contributed by atoms with E-state index in [2.05, 4.69) is 10.8 Å². The molecule has 3 aliphatic heterocycles. The molecule has 2 saturated heterocycles. The van der Waals surface area contributed by atoms with Crippen molar-refractivity contribution < 1.29 is 37.4 Å². The van der Waals surface area contributed by atoms with E-state index in [0.29, 0.717) is 37.9 Å². The Morgan fingerprint density at radius 2 is 2.00 bits per heavy atom. The highest BCUT2D eigenvalue weighted by Gasteiger charge is 2.56. The van der Waals surface area contributed by atoms with Gasteiger partial charge in [0.15, 0.2) is 11.4 Å². The molecule has 3 aliphatic rings. The van der Waals surface area contributed by atoms with Crippen molar-refractivity contribution in [3.05, 3.63) is 62.8 Å². The van der Waals surface area contributed by atoms with Crippen LogP contribution in [0.1, 0.15) is 58.6 Å². The van der Waals surface area contributed by atoms with Gasteiger partial charge in [-0.05, 0) is 19.8 Å². The molecule has 4 heterocycles. The number of benzene rings is 1. The predicted molar refractivity (Wildman–Crippen MR) is 121 cm³/mol. The number of nitrogens with zero attached hydrogens (tertiary/aromatic N) is 2. The van der Waals surface area contributed by atoms with Crippen molar-refractivity contribution in [1.82, 2.24) is 20.3 Å². The Bertz CT molecular complexity index is 1340. The number of nitrogens with one attached hydrogen (secondary N) is 2. The molecule has 0 saturated carbocycles. The van der Waals surface area contributed by atoms with Gasteiger partial charge < -0.3 is 24.6 Å². The van der Waals surface area contributed by atoms with Crippen LogP contribution in [0.25, 0.3) is 0 Å². The molecule has 1 unspecified atom stereocenters. The van der Waals surface area contributed by atoms with Crippen molar-refractivity contribution in [2.75, 3.05) is 20.2 Å². The van der Waals surface area contributed by atoms with E-state index in [1.165, 1.54) is 16.6 Å². The maximum absolute atomic E-state index is 14.0. The van der Waals surface area contributed by atoms with Crippen molar-refractivity contribution in [3.8, 4) is 5.75 Å². The number of hydrogen-bond acceptors (Lipinski definition) is 7. The van der Waals surface area contributed by atoms with Gasteiger partial charge in [0.1, 0.15) is 34.3 Å². The van der Waals surface area contributed by atoms with Crippen molar-refractivity contribution in [3.63, 3.8) is 0 Å². The molecule has 3 atom stereocenters. The van der Waals surface area contributed by atoms with Crippen LogP contribution in [0, 0.1) is 17.5 Å². The fourth-order valence-corrected chi connectivity index (χ4v) is 5.41. The van der Waals surface area contributed by atoms with Crippen LogP contribution in [0.4, 0.5) is 13.2 Å². The van der Waals surface area contributed by atoms with Crippen LogP contribution in [-0.4, -0.2) is 57.9 Å². The van der Waals surface area contributed by atoms with Crippen LogP contribution in [0.15, 0.2) is 23.1 Å². The first-order chi connectivity index (χ1) is 17.5. The number of rotatable bonds is 4. The fraction of sp³-hybridized carbons (Fsp3) is 0.458. The molecular weight excluding hydrogens is 497 g/mol. The maximum atomic E-state index is 14.0. The van der Waals surface area contributed by atoms with Crippen molar-refractivity contribution in [2.45, 2.75) is 50.1 Å². The number of amides is 2. The lowest BCUT2D eigenvalue weighted by Gasteiger charge is -2.41. The van der Waals surface area contributed by atoms with E-state index in [0.717, 1.165) is 6.20 Å². The summed E-state index contributed by atoms with van der Waals surface area (Å²) < 4.78 is 48.1. The first-order valence-electron chi connectivity index (χ1n) is 11.7. The minimum absolute atomic E-state index is 0.197. The summed E-state index contributed by atoms with van der Waals surface area (Å²) in [7, 11) is 1.52. The fourth-order valence-electron chi connectivity index (χ4n) is 5.41. The Labute approximate surface area is 208 Å². The lowest BCUT2D eigenvalue weighted by Crippen LogP contribution is -2.51. The topological polar surface area (TPSA) is 122 Å². The van der Waals surface area contributed by atoms with Gasteiger partial charge in [-0.2, -0.15) is 5.48 Å². The first-order valence-corrected chi connectivity index (χ1v) is 11.7. The number of hydrogen-bond donors (Lipinski definition) is 3. The van der Waals surface area contributed by atoms with Crippen LogP contribution in [-0.2, 0) is 16.1 Å². The summed E-state index contributed by atoms with van der Waals surface area (Å²) in [5.41, 5.74) is -1.36. The maximum Gasteiger partial charge on any atom is 0.274 e. The zero-order valence-corrected chi connectivity index (χ0v) is 20.1. The van der Waals surface area contributed by atoms with E-state index in [1.54, 1.807) is 6.92 Å². The highest BCUT2D eigenvalue weighted by molar-refractivity contribution is 5.99. The van der Waals surface area contributed by atoms with Crippen molar-refractivity contribution in [2.24, 2.45) is 0 Å². The molecule has 37 heavy (non-hydrogen) atoms. The van der Waals surface area contributed by atoms with E-state index >= 15 is 0 Å². The van der Waals surface area contributed by atoms with Crippen LogP contribution >= 0.6 is 0 Å². The van der Waals surface area contributed by atoms with Crippen LogP contribution in [0.5, 0.6) is 5.75 Å². The lowest BCUT2D eigenvalue weighted by molar-refractivity contribution is -0.120. The average molecular weight is 522 g/mol. The predicted octanol–water partition coefficient (Wildman–Crippen LogP) is 1.72. The summed E-state index contributed by atoms with van der Waals surface area (Å²) in [6, 6.07) is 0.338. The monoisotopic (exact) mass is 522 g/mol. The van der Waals surface area contributed by atoms with E-state index in [9.17, 15) is 32.7 Å². The zero-order chi connectivity index (χ0) is 26.7. The van der Waals surface area contributed by atoms with Crippen LogP contribution in [0.2, 0.25) is 0 Å². The second-order valence-corrected chi connectivity index (χ2v) is 9.76. The van der Waals surface area contributed by atoms with Gasteiger partial charge in [0.05, 0.1) is 6.04 Å². The molecule has 3 N–H and O–H groups in total. The van der Waals surface area contributed by atoms with Gasteiger partial charge in [0.2, 0.25) is 5.43 Å². The summed E-state index contributed by atoms with van der Waals surface area (Å²) in [6.45, 7) is 1.70. The number of halogens is 3. The molecule has 5 rings (SSSR count). The van der Waals surface area contributed by atoms with Crippen molar-refractivity contribution in [1.29, 1.82) is 0 Å². The Kier molecular flexibility index (Phi) is 6.04. The van der Waals surface area contributed by atoms with Gasteiger partial charge in [-0.25, -0.2) is 13.2 Å². The highest BCUT2D eigenvalue weighted by Crippen LogP contribution is 2.47. The zero-order valence-electron chi connectivity index (χ0n) is 20.1. The molecule has 1 spiro atoms. The van der Waals surface area contributed by atoms with Crippen LogP contribution in [0.3, 0.4) is 0 Å². The molecule has 1 aromatic heterocycles. The SMILES string of the molecule is COC1(C)C[C@]2(CCCN3C[C@H]2n2cc(C(=O)NCc4c(F)cc(F)cc4F)c(=O)c(O)c2C3=O)ON1. The molecule has 2 aromatic rings. The number of hydroxylamine groups is 1. The number of aromatic nitrogens is 1. The summed E-state index contributed by atoms with van der Waals surface area (Å²) in [4.78, 5) is 46.6. The number of carbonyl (C=O) groups is 2. The summed E-state index contributed by atoms with van der Waals surface area (Å²) in [5.74, 6) is -6.05. The van der Waals surface area contributed by atoms with Gasteiger partial charge in [0, 0.05) is 57.1 Å². The third-order valence-electron chi connectivity index (χ3n) is 7.40. The third kappa shape index (κ3) is 4.06. The second kappa shape index (κ2) is 8.85. The van der Waals surface area contributed by atoms with E-state index in [1.807, 2.05) is 0 Å². The van der Waals surface area contributed by atoms with Gasteiger partial charge in [-0.3, -0.25) is 19.2 Å². The lowest BCUT2D eigenvalue weighted by atomic mass is 9.83. The average Bonchev–Trinajstić information content (AvgIpc) is 3.10. The molecule has 2 bridgehead atoms. The van der Waals surface area contributed by atoms with E-state index in [-0.39, 0.29) is 12.2 Å². The largest absolute Gasteiger partial charge is 0.503 e. The third-order valence-corrected chi connectivity index (χ3v) is 7.40. The Morgan fingerprint density at radius 3 is 2.65 bits per heavy atom. The Morgan fingerprint density at radius 1 is 1.30 bits per heavy atom. The summed E-state index contributed by atoms with van der Waals surface area (Å²) in [5, 5.41) is 13.0. The van der Waals surface area contributed by atoms with Crippen molar-refractivity contribution >= 4 is 11.8 Å². The molecule has 0 radical (unpaired) electrons. The quantitative estimate of drug-likeness (QED) is 0.559. The Hall–Kier alpha value is -3.42. The number of fused-ring (bicyclic) bond motifs is 5. The smallest absolute Gasteiger partial charge is 0.274 e. The molecule has 2 amide bonds. The highest BCUT2D eigenvalue weighted by atomic mass is 19.1. The minimum atomic E-state index is -1.21. The molecule has 10 nitrogen and oxygen atoms in total. The van der Waals surface area contributed by atoms with Gasteiger partial charge in [-0.15, -0.1) is 0 Å². The molecule has 1 aromatic carbocycles. The molecule has 13 heteroatoms. The van der Waals surface area contributed by atoms with E-state index in [4.69, 9.17) is 9.57 Å². The van der Waals surface area contributed by atoms with Gasteiger partial charge in [-0.1, -0.05) is 0 Å². The number of carbonyl (C=O) groups excluding carboxylic acids is 2. The summed E-state index contributed by atoms with van der Waals surface area (Å²) >= 11 is 0. The van der Waals surface area contributed by atoms with Gasteiger partial charge >= 0.3 is 0 Å². The molecule has 0 aliphatic carbocycles. The summed E-state index contributed by atoms with van der Waals surface area (Å²) in [6.07, 6.45) is 2.64. The number of aromatic hydroxyl groups is 1. The standard InChI is InChI=1S/C24H25F3N4O6/c1-23(36-2)11-24(37-29-23)4-3-5-30-10-17(24)31-9-14(19(32)20(33)18(31)22(30)35)21(34)28-8-13-15(26)6-12(25)7-16(13)27/h6-7,9,17,29,33H,3-5,8,10-11H2,1-2H3,(H,28,34)/t17-,23?,24+/m1/s1. The van der Waals surface area contributed by atoms with Crippen LogP contribution < -0.4 is 16.2 Å². The first kappa shape index (κ1) is 25.2. The van der Waals surface area contributed by atoms with E-state index < -0.39 is 75.5 Å². The van der Waals surface area contributed by atoms with Gasteiger partial charge in [0.25, 0.3) is 11.8 Å². The number of ether oxygens (including phenoxy) is 1. The number of pyridine rings is 1. The molecular formula is C24H25F3N4O6.